The smallest absolute Gasteiger partial charge is 0.0546 e. The van der Waals surface area contributed by atoms with Gasteiger partial charge in [-0.25, -0.2) is 0 Å². The predicted octanol–water partition coefficient (Wildman–Crippen LogP) is 16.4. The molecular formula is C59H43N. The summed E-state index contributed by atoms with van der Waals surface area (Å²) in [4.78, 5) is 2.53. The Morgan fingerprint density at radius 2 is 0.917 bits per heavy atom. The minimum Gasteiger partial charge on any atom is -0.309 e. The maximum Gasteiger partial charge on any atom is 0.0546 e. The van der Waals surface area contributed by atoms with Crippen LogP contribution in [0.2, 0.25) is 0 Å². The molecule has 284 valence electrons. The minimum absolute atomic E-state index is 0.166. The van der Waals surface area contributed by atoms with E-state index < -0.39 is 0 Å². The van der Waals surface area contributed by atoms with Crippen molar-refractivity contribution >= 4 is 38.6 Å². The Morgan fingerprint density at radius 1 is 0.317 bits per heavy atom. The van der Waals surface area contributed by atoms with Crippen LogP contribution in [0.3, 0.4) is 0 Å². The number of benzene rings is 10. The fourth-order valence-electron chi connectivity index (χ4n) is 9.77. The van der Waals surface area contributed by atoms with Crippen molar-refractivity contribution in [2.24, 2.45) is 0 Å². The first-order valence-corrected chi connectivity index (χ1v) is 20.9. The second kappa shape index (κ2) is 14.4. The van der Waals surface area contributed by atoms with E-state index in [0.29, 0.717) is 0 Å². The predicted molar refractivity (Wildman–Crippen MR) is 255 cm³/mol. The monoisotopic (exact) mass is 765 g/mol. The fourth-order valence-corrected chi connectivity index (χ4v) is 9.77. The summed E-state index contributed by atoms with van der Waals surface area (Å²) in [5, 5.41) is 5.00. The van der Waals surface area contributed by atoms with Gasteiger partial charge in [-0.05, 0) is 114 Å². The van der Waals surface area contributed by atoms with Gasteiger partial charge in [0, 0.05) is 22.2 Å². The van der Waals surface area contributed by atoms with Crippen molar-refractivity contribution in [3.8, 4) is 55.6 Å². The van der Waals surface area contributed by atoms with Gasteiger partial charge in [-0.1, -0.05) is 202 Å². The van der Waals surface area contributed by atoms with E-state index in [1.807, 2.05) is 0 Å². The number of rotatable bonds is 7. The summed E-state index contributed by atoms with van der Waals surface area (Å²) in [6, 6.07) is 82.6. The van der Waals surface area contributed by atoms with E-state index >= 15 is 0 Å². The standard InChI is InChI=1S/C59H43N/c1-59(2)54-31-17-16-29-49(54)50-35-34-45(39-55(50)59)60(56-36-33-43(40-19-6-3-7-20-40)37-52(56)41-21-8-4-9-22-41)57-32-18-30-51(58(57)42-23-10-5-11-24-42)53-38-44-25-12-13-26-46(44)47-27-14-15-28-48(47)53/h3-39H,1-2H3. The zero-order valence-corrected chi connectivity index (χ0v) is 33.8. The maximum atomic E-state index is 2.53. The molecule has 0 spiro atoms. The molecule has 0 amide bonds. The van der Waals surface area contributed by atoms with Gasteiger partial charge in [-0.2, -0.15) is 0 Å². The Hall–Kier alpha value is -7.48. The van der Waals surface area contributed by atoms with Crippen LogP contribution < -0.4 is 4.90 Å². The summed E-state index contributed by atoms with van der Waals surface area (Å²) in [6.45, 7) is 4.74. The summed E-state index contributed by atoms with van der Waals surface area (Å²) in [7, 11) is 0. The molecule has 1 heteroatoms. The Morgan fingerprint density at radius 3 is 1.68 bits per heavy atom. The first-order chi connectivity index (χ1) is 29.5. The van der Waals surface area contributed by atoms with Gasteiger partial charge >= 0.3 is 0 Å². The van der Waals surface area contributed by atoms with Crippen LogP contribution in [0.5, 0.6) is 0 Å². The molecule has 10 aromatic rings. The summed E-state index contributed by atoms with van der Waals surface area (Å²) in [5.41, 5.74) is 18.0. The Bertz CT molecular complexity index is 3220. The van der Waals surface area contributed by atoms with Crippen molar-refractivity contribution < 1.29 is 0 Å². The molecule has 0 bridgehead atoms. The van der Waals surface area contributed by atoms with Gasteiger partial charge in [-0.3, -0.25) is 0 Å². The van der Waals surface area contributed by atoms with E-state index in [4.69, 9.17) is 0 Å². The zero-order chi connectivity index (χ0) is 40.2. The van der Waals surface area contributed by atoms with E-state index in [0.717, 1.165) is 17.1 Å². The molecular weight excluding hydrogens is 723 g/mol. The average Bonchev–Trinajstić information content (AvgIpc) is 3.55. The minimum atomic E-state index is -0.166. The first-order valence-electron chi connectivity index (χ1n) is 20.9. The Balaban J connectivity index is 1.24. The second-order valence-electron chi connectivity index (χ2n) is 16.5. The number of hydrogen-bond acceptors (Lipinski definition) is 1. The lowest BCUT2D eigenvalue weighted by Gasteiger charge is -2.32. The van der Waals surface area contributed by atoms with Crippen molar-refractivity contribution in [1.29, 1.82) is 0 Å². The van der Waals surface area contributed by atoms with Gasteiger partial charge in [0.05, 0.1) is 11.4 Å². The summed E-state index contributed by atoms with van der Waals surface area (Å²) >= 11 is 0. The van der Waals surface area contributed by atoms with Crippen LogP contribution in [-0.4, -0.2) is 0 Å². The van der Waals surface area contributed by atoms with Crippen LogP contribution in [0.15, 0.2) is 224 Å². The van der Waals surface area contributed by atoms with Crippen LogP contribution in [0.25, 0.3) is 77.2 Å². The van der Waals surface area contributed by atoms with Crippen molar-refractivity contribution in [1.82, 2.24) is 0 Å². The molecule has 10 aromatic carbocycles. The van der Waals surface area contributed by atoms with Crippen LogP contribution in [-0.2, 0) is 5.41 Å². The Labute approximate surface area is 352 Å². The van der Waals surface area contributed by atoms with Crippen molar-refractivity contribution in [3.05, 3.63) is 236 Å². The molecule has 0 saturated carbocycles. The SMILES string of the molecule is CC1(C)c2ccccc2-c2ccc(N(c3ccc(-c4ccccc4)cc3-c3ccccc3)c3cccc(-c4cc5ccccc5c5ccccc45)c3-c3ccccc3)cc21. The van der Waals surface area contributed by atoms with Gasteiger partial charge in [0.15, 0.2) is 0 Å². The average molecular weight is 766 g/mol. The highest BCUT2D eigenvalue weighted by molar-refractivity contribution is 6.16. The van der Waals surface area contributed by atoms with E-state index in [1.165, 1.54) is 88.3 Å². The molecule has 0 heterocycles. The number of anilines is 3. The number of fused-ring (bicyclic) bond motifs is 6. The molecule has 0 aliphatic heterocycles. The van der Waals surface area contributed by atoms with Crippen molar-refractivity contribution in [2.45, 2.75) is 19.3 Å². The fraction of sp³-hybridized carbons (Fsp3) is 0.0508. The summed E-state index contributed by atoms with van der Waals surface area (Å²) in [5.74, 6) is 0. The maximum absolute atomic E-state index is 2.53. The van der Waals surface area contributed by atoms with E-state index in [2.05, 4.69) is 243 Å². The van der Waals surface area contributed by atoms with Crippen molar-refractivity contribution in [2.75, 3.05) is 4.90 Å². The van der Waals surface area contributed by atoms with Crippen molar-refractivity contribution in [3.63, 3.8) is 0 Å². The van der Waals surface area contributed by atoms with Gasteiger partial charge in [-0.15, -0.1) is 0 Å². The lowest BCUT2D eigenvalue weighted by atomic mass is 9.82. The number of hydrogen-bond donors (Lipinski definition) is 0. The van der Waals surface area contributed by atoms with Gasteiger partial charge in [0.1, 0.15) is 0 Å². The van der Waals surface area contributed by atoms with Crippen LogP contribution >= 0.6 is 0 Å². The normalized spacial score (nSPS) is 12.6. The molecule has 1 aliphatic carbocycles. The molecule has 1 aliphatic rings. The van der Waals surface area contributed by atoms with Crippen LogP contribution in [0, 0.1) is 0 Å². The van der Waals surface area contributed by atoms with Gasteiger partial charge in [0.2, 0.25) is 0 Å². The molecule has 0 atom stereocenters. The van der Waals surface area contributed by atoms with E-state index in [-0.39, 0.29) is 5.41 Å². The Kier molecular flexibility index (Phi) is 8.57. The lowest BCUT2D eigenvalue weighted by Crippen LogP contribution is -2.17. The van der Waals surface area contributed by atoms with Gasteiger partial charge < -0.3 is 4.90 Å². The van der Waals surface area contributed by atoms with E-state index in [1.54, 1.807) is 0 Å². The molecule has 11 rings (SSSR count). The molecule has 60 heavy (non-hydrogen) atoms. The third-order valence-corrected chi connectivity index (χ3v) is 12.7. The lowest BCUT2D eigenvalue weighted by molar-refractivity contribution is 0.660. The summed E-state index contributed by atoms with van der Waals surface area (Å²) < 4.78 is 0. The molecule has 0 saturated heterocycles. The third-order valence-electron chi connectivity index (χ3n) is 12.7. The molecule has 0 aromatic heterocycles. The second-order valence-corrected chi connectivity index (χ2v) is 16.5. The van der Waals surface area contributed by atoms with Crippen LogP contribution in [0.1, 0.15) is 25.0 Å². The number of nitrogens with zero attached hydrogens (tertiary/aromatic N) is 1. The van der Waals surface area contributed by atoms with E-state index in [9.17, 15) is 0 Å². The molecule has 0 radical (unpaired) electrons. The third kappa shape index (κ3) is 5.85. The quantitative estimate of drug-likeness (QED) is 0.146. The van der Waals surface area contributed by atoms with Crippen LogP contribution in [0.4, 0.5) is 17.1 Å². The van der Waals surface area contributed by atoms with Gasteiger partial charge in [0.25, 0.3) is 0 Å². The summed E-state index contributed by atoms with van der Waals surface area (Å²) in [6.07, 6.45) is 0. The molecule has 0 unspecified atom stereocenters. The topological polar surface area (TPSA) is 3.24 Å². The molecule has 0 fully saturated rings. The highest BCUT2D eigenvalue weighted by Gasteiger charge is 2.36. The first kappa shape index (κ1) is 35.7. The zero-order valence-electron chi connectivity index (χ0n) is 33.8. The molecule has 1 nitrogen and oxygen atoms in total. The largest absolute Gasteiger partial charge is 0.309 e. The highest BCUT2D eigenvalue weighted by atomic mass is 15.1. The molecule has 0 N–H and O–H groups in total. The highest BCUT2D eigenvalue weighted by Crippen LogP contribution is 2.53.